The Kier molecular flexibility index (Phi) is 4.47. The lowest BCUT2D eigenvalue weighted by molar-refractivity contribution is -0.660. The van der Waals surface area contributed by atoms with Gasteiger partial charge in [-0.25, -0.2) is 14.3 Å². The van der Waals surface area contributed by atoms with E-state index in [9.17, 15) is 9.90 Å². The van der Waals surface area contributed by atoms with Crippen LogP contribution in [0.15, 0.2) is 68.5 Å². The summed E-state index contributed by atoms with van der Waals surface area (Å²) >= 11 is 13.1. The molecule has 33 heavy (non-hydrogen) atoms. The maximum absolute atomic E-state index is 12.5. The fraction of sp³-hybridized carbons (Fsp3) is 0. The van der Waals surface area contributed by atoms with Crippen molar-refractivity contribution in [3.05, 3.63) is 75.2 Å². The zero-order chi connectivity index (χ0) is 22.7. The van der Waals surface area contributed by atoms with E-state index >= 15 is 0 Å². The second-order valence-corrected chi connectivity index (χ2v) is 8.82. The molecule has 162 valence electrons. The van der Waals surface area contributed by atoms with Crippen LogP contribution in [-0.2, 0) is 0 Å². The van der Waals surface area contributed by atoms with Gasteiger partial charge in [-0.15, -0.1) is 5.10 Å². The number of halogens is 2. The number of hydrogen-bond acceptors (Lipinski definition) is 8. The van der Waals surface area contributed by atoms with Crippen molar-refractivity contribution in [1.29, 1.82) is 0 Å². The van der Waals surface area contributed by atoms with Gasteiger partial charge in [0.15, 0.2) is 5.95 Å². The lowest BCUT2D eigenvalue weighted by atomic mass is 10.1. The predicted molar refractivity (Wildman–Crippen MR) is 119 cm³/mol. The van der Waals surface area contributed by atoms with Crippen molar-refractivity contribution >= 4 is 50.5 Å². The van der Waals surface area contributed by atoms with E-state index in [1.807, 2.05) is 0 Å². The van der Waals surface area contributed by atoms with Crippen LogP contribution in [0.5, 0.6) is 5.95 Å². The van der Waals surface area contributed by atoms with E-state index < -0.39 is 11.6 Å². The summed E-state index contributed by atoms with van der Waals surface area (Å²) < 4.78 is 13.1. The maximum atomic E-state index is 12.5. The summed E-state index contributed by atoms with van der Waals surface area (Å²) in [6, 6.07) is 13.4. The van der Waals surface area contributed by atoms with Crippen LogP contribution in [0, 0.1) is 0 Å². The van der Waals surface area contributed by atoms with Crippen LogP contribution >= 0.6 is 34.5 Å². The van der Waals surface area contributed by atoms with Gasteiger partial charge in [0, 0.05) is 27.6 Å². The average molecular weight is 498 g/mol. The second-order valence-electron chi connectivity index (χ2n) is 6.99. The molecule has 0 spiro atoms. The van der Waals surface area contributed by atoms with E-state index in [2.05, 4.69) is 15.4 Å². The third-order valence-corrected chi connectivity index (χ3v) is 6.31. The first-order valence-corrected chi connectivity index (χ1v) is 11.0. The van der Waals surface area contributed by atoms with Crippen LogP contribution in [0.4, 0.5) is 0 Å². The summed E-state index contributed by atoms with van der Waals surface area (Å²) in [5.41, 5.74) is 1.29. The zero-order valence-electron chi connectivity index (χ0n) is 16.2. The molecule has 2 aromatic carbocycles. The minimum Gasteiger partial charge on any atom is -0.539 e. The molecule has 0 aliphatic carbocycles. The van der Waals surface area contributed by atoms with Gasteiger partial charge in [0.05, 0.1) is 22.7 Å². The topological polar surface area (TPSA) is 113 Å². The number of benzene rings is 2. The maximum Gasteiger partial charge on any atom is 0.345 e. The van der Waals surface area contributed by atoms with Gasteiger partial charge >= 0.3 is 11.3 Å². The summed E-state index contributed by atoms with van der Waals surface area (Å²) in [5.74, 6) is -0.644. The van der Waals surface area contributed by atoms with E-state index in [1.165, 1.54) is 9.20 Å². The fourth-order valence-electron chi connectivity index (χ4n) is 3.38. The Morgan fingerprint density at radius 2 is 1.85 bits per heavy atom. The lowest BCUT2D eigenvalue weighted by Crippen LogP contribution is -2.34. The van der Waals surface area contributed by atoms with Gasteiger partial charge in [0.25, 0.3) is 0 Å². The Bertz CT molecular complexity index is 1700. The van der Waals surface area contributed by atoms with Crippen molar-refractivity contribution in [1.82, 2.24) is 19.9 Å². The Labute approximate surface area is 197 Å². The highest BCUT2D eigenvalue weighted by Gasteiger charge is 2.27. The summed E-state index contributed by atoms with van der Waals surface area (Å²) in [6.07, 6.45) is 1.59. The zero-order valence-corrected chi connectivity index (χ0v) is 18.6. The highest BCUT2D eigenvalue weighted by Crippen LogP contribution is 2.31. The Balaban J connectivity index is 1.44. The quantitative estimate of drug-likeness (QED) is 0.269. The first kappa shape index (κ1) is 19.9. The van der Waals surface area contributed by atoms with Crippen molar-refractivity contribution in [2.75, 3.05) is 0 Å². The molecule has 9 nitrogen and oxygen atoms in total. The molecule has 6 rings (SSSR count). The Morgan fingerprint density at radius 1 is 1.06 bits per heavy atom. The van der Waals surface area contributed by atoms with E-state index in [-0.39, 0.29) is 11.3 Å². The van der Waals surface area contributed by atoms with E-state index in [4.69, 9.17) is 32.1 Å². The molecule has 0 bridgehead atoms. The van der Waals surface area contributed by atoms with Crippen LogP contribution in [0.3, 0.4) is 0 Å². The normalized spacial score (nSPS) is 11.6. The van der Waals surface area contributed by atoms with Gasteiger partial charge < -0.3 is 14.0 Å². The third kappa shape index (κ3) is 3.35. The molecule has 12 heteroatoms. The molecule has 0 saturated heterocycles. The molecular weight excluding hydrogens is 489 g/mol. The van der Waals surface area contributed by atoms with Crippen LogP contribution in [0.25, 0.3) is 43.6 Å². The molecule has 0 amide bonds. The summed E-state index contributed by atoms with van der Waals surface area (Å²) in [7, 11) is 0. The number of hydrogen-bond donors (Lipinski definition) is 0. The average Bonchev–Trinajstić information content (AvgIpc) is 3.47. The van der Waals surface area contributed by atoms with Crippen LogP contribution in [-0.4, -0.2) is 19.9 Å². The molecule has 0 N–H and O–H groups in total. The smallest absolute Gasteiger partial charge is 0.345 e. The molecule has 0 saturated carbocycles. The molecule has 0 unspecified atom stereocenters. The van der Waals surface area contributed by atoms with E-state index in [0.29, 0.717) is 42.4 Å². The predicted octanol–water partition coefficient (Wildman–Crippen LogP) is 3.88. The first-order valence-electron chi connectivity index (χ1n) is 9.41. The lowest BCUT2D eigenvalue weighted by Gasteiger charge is -2.00. The highest BCUT2D eigenvalue weighted by atomic mass is 35.5. The van der Waals surface area contributed by atoms with Crippen LogP contribution in [0.2, 0.25) is 10.0 Å². The van der Waals surface area contributed by atoms with Crippen molar-refractivity contribution in [2.24, 2.45) is 0 Å². The number of rotatable bonds is 3. The number of fused-ring (bicyclic) bond motifs is 2. The fourth-order valence-corrected chi connectivity index (χ4v) is 4.59. The summed E-state index contributed by atoms with van der Waals surface area (Å²) in [4.78, 5) is 17.5. The van der Waals surface area contributed by atoms with Gasteiger partial charge in [0.1, 0.15) is 5.58 Å². The minimum absolute atomic E-state index is 0.147. The standard InChI is InChI=1S/C21H9Cl2N5O4S/c22-11-1-4-13(5-2-11)28-17(20(30)32-26-28)18-25-27-9-15(24-21(27)33-18)14-8-10-7-12(23)3-6-16(10)31-19(14)29/h1-9H. The van der Waals surface area contributed by atoms with Gasteiger partial charge in [-0.05, 0) is 41.1 Å². The summed E-state index contributed by atoms with van der Waals surface area (Å²) in [5, 5.41) is 22.7. The van der Waals surface area contributed by atoms with Crippen molar-refractivity contribution < 1.29 is 18.7 Å². The molecule has 0 aliphatic heterocycles. The van der Waals surface area contributed by atoms with Crippen molar-refractivity contribution in [3.63, 3.8) is 0 Å². The SMILES string of the molecule is O=c1oc2ccc(Cl)cc2cc1-c1cn2nc(-c3c([O-])on[n+]3-c3ccc(Cl)cc3)sc2n1. The van der Waals surface area contributed by atoms with Crippen molar-refractivity contribution in [2.45, 2.75) is 0 Å². The van der Waals surface area contributed by atoms with Gasteiger partial charge in [0.2, 0.25) is 15.7 Å². The van der Waals surface area contributed by atoms with Crippen molar-refractivity contribution in [3.8, 4) is 33.6 Å². The largest absolute Gasteiger partial charge is 0.539 e. The molecule has 0 radical (unpaired) electrons. The number of imidazole rings is 1. The molecular formula is C21H9Cl2N5O4S. The Morgan fingerprint density at radius 3 is 2.64 bits per heavy atom. The van der Waals surface area contributed by atoms with Gasteiger partial charge in [-0.3, -0.25) is 0 Å². The van der Waals surface area contributed by atoms with Crippen LogP contribution < -0.4 is 15.4 Å². The molecule has 0 atom stereocenters. The number of aromatic nitrogens is 5. The van der Waals surface area contributed by atoms with E-state index in [1.54, 1.807) is 54.7 Å². The molecule has 4 aromatic heterocycles. The summed E-state index contributed by atoms with van der Waals surface area (Å²) in [6.45, 7) is 0. The monoisotopic (exact) mass is 497 g/mol. The third-order valence-electron chi connectivity index (χ3n) is 4.90. The van der Waals surface area contributed by atoms with Crippen LogP contribution in [0.1, 0.15) is 0 Å². The van der Waals surface area contributed by atoms with Gasteiger partial charge in [-0.1, -0.05) is 34.5 Å². The van der Waals surface area contributed by atoms with E-state index in [0.717, 1.165) is 11.3 Å². The first-order chi connectivity index (χ1) is 16.0. The highest BCUT2D eigenvalue weighted by molar-refractivity contribution is 7.19. The molecule has 4 heterocycles. The minimum atomic E-state index is -0.644. The molecule has 6 aromatic rings. The molecule has 0 aliphatic rings. The van der Waals surface area contributed by atoms with Gasteiger partial charge in [-0.2, -0.15) is 0 Å². The Hall–Kier alpha value is -3.73. The second kappa shape index (κ2) is 7.41. The molecule has 0 fully saturated rings. The number of nitrogens with zero attached hydrogens (tertiary/aromatic N) is 5.